The molecule has 33 heavy (non-hydrogen) atoms. The highest BCUT2D eigenvalue weighted by molar-refractivity contribution is 7.89. The molecular weight excluding hydrogens is 451 g/mol. The zero-order chi connectivity index (χ0) is 23.9. The van der Waals surface area contributed by atoms with Crippen LogP contribution in [0.4, 0.5) is 10.2 Å². The second-order valence-corrected chi connectivity index (χ2v) is 9.67. The van der Waals surface area contributed by atoms with Gasteiger partial charge in [-0.3, -0.25) is 9.48 Å². The Labute approximate surface area is 189 Å². The Hall–Kier alpha value is -3.70. The van der Waals surface area contributed by atoms with E-state index < -0.39 is 26.6 Å². The Bertz CT molecular complexity index is 1470. The van der Waals surface area contributed by atoms with Crippen LogP contribution >= 0.6 is 0 Å². The van der Waals surface area contributed by atoms with Crippen molar-refractivity contribution in [1.82, 2.24) is 14.1 Å². The van der Waals surface area contributed by atoms with Crippen LogP contribution in [0.1, 0.15) is 16.1 Å². The number of ether oxygens (including phenoxy) is 1. The fourth-order valence-corrected chi connectivity index (χ4v) is 4.14. The van der Waals surface area contributed by atoms with Crippen molar-refractivity contribution in [3.8, 4) is 11.5 Å². The first-order chi connectivity index (χ1) is 15.5. The van der Waals surface area contributed by atoms with E-state index in [1.807, 2.05) is 0 Å². The topological polar surface area (TPSA) is 107 Å². The third-order valence-corrected chi connectivity index (χ3v) is 6.68. The van der Waals surface area contributed by atoms with Gasteiger partial charge in [-0.2, -0.15) is 5.10 Å². The molecule has 0 radical (unpaired) electrons. The fraction of sp³-hybridized carbons (Fsp3) is 0.182. The van der Waals surface area contributed by atoms with Crippen LogP contribution in [0, 0.1) is 12.7 Å². The van der Waals surface area contributed by atoms with Gasteiger partial charge in [0.05, 0.1) is 5.39 Å². The number of benzene rings is 2. The third-order valence-electron chi connectivity index (χ3n) is 4.83. The second-order valence-electron chi connectivity index (χ2n) is 7.55. The van der Waals surface area contributed by atoms with Crippen molar-refractivity contribution >= 4 is 32.7 Å². The summed E-state index contributed by atoms with van der Waals surface area (Å²) < 4.78 is 53.1. The van der Waals surface area contributed by atoms with Gasteiger partial charge in [0.15, 0.2) is 5.82 Å². The summed E-state index contributed by atoms with van der Waals surface area (Å²) in [7, 11) is 0.419. The van der Waals surface area contributed by atoms with Crippen LogP contribution in [-0.2, 0) is 17.1 Å². The molecule has 0 aliphatic heterocycles. The van der Waals surface area contributed by atoms with Gasteiger partial charge in [-0.15, -0.1) is 0 Å². The lowest BCUT2D eigenvalue weighted by Gasteiger charge is -2.13. The number of nitrogens with zero attached hydrogens (tertiary/aromatic N) is 3. The molecular formula is C22H21FN4O5S. The molecule has 0 bridgehead atoms. The molecule has 11 heteroatoms. The van der Waals surface area contributed by atoms with Crippen LogP contribution in [-0.4, -0.2) is 42.5 Å². The number of fused-ring (bicyclic) bond motifs is 1. The molecule has 9 nitrogen and oxygen atoms in total. The molecule has 0 unspecified atom stereocenters. The maximum atomic E-state index is 14.6. The monoisotopic (exact) mass is 472 g/mol. The van der Waals surface area contributed by atoms with Gasteiger partial charge < -0.3 is 14.5 Å². The summed E-state index contributed by atoms with van der Waals surface area (Å²) in [5, 5.41) is 7.38. The van der Waals surface area contributed by atoms with Crippen LogP contribution in [0.25, 0.3) is 11.0 Å². The van der Waals surface area contributed by atoms with Gasteiger partial charge in [0.1, 0.15) is 33.6 Å². The third kappa shape index (κ3) is 4.45. The number of halogens is 1. The van der Waals surface area contributed by atoms with E-state index in [0.717, 1.165) is 16.4 Å². The normalized spacial score (nSPS) is 11.8. The maximum Gasteiger partial charge on any atom is 0.257 e. The molecule has 4 rings (SSSR count). The van der Waals surface area contributed by atoms with Crippen molar-refractivity contribution in [2.75, 3.05) is 19.4 Å². The first kappa shape index (κ1) is 22.5. The molecule has 0 spiro atoms. The number of anilines is 1. The molecule has 2 aromatic heterocycles. The van der Waals surface area contributed by atoms with Gasteiger partial charge in [-0.25, -0.2) is 17.1 Å². The van der Waals surface area contributed by atoms with Crippen molar-refractivity contribution in [3.63, 3.8) is 0 Å². The summed E-state index contributed by atoms with van der Waals surface area (Å²) >= 11 is 0. The minimum atomic E-state index is -3.95. The molecule has 0 saturated carbocycles. The summed E-state index contributed by atoms with van der Waals surface area (Å²) in [5.41, 5.74) is 0.647. The minimum Gasteiger partial charge on any atom is -0.461 e. The summed E-state index contributed by atoms with van der Waals surface area (Å²) in [4.78, 5) is 12.3. The molecule has 0 fully saturated rings. The van der Waals surface area contributed by atoms with E-state index in [2.05, 4.69) is 10.4 Å². The highest BCUT2D eigenvalue weighted by Gasteiger charge is 2.23. The smallest absolute Gasteiger partial charge is 0.257 e. The van der Waals surface area contributed by atoms with Crippen LogP contribution in [0.5, 0.6) is 11.5 Å². The first-order valence-electron chi connectivity index (χ1n) is 9.80. The minimum absolute atomic E-state index is 0.0626. The summed E-state index contributed by atoms with van der Waals surface area (Å²) in [6.07, 6.45) is 1.69. The number of sulfonamides is 1. The number of aryl methyl sites for hydroxylation is 2. The zero-order valence-electron chi connectivity index (χ0n) is 18.3. The number of aromatic nitrogens is 2. The molecule has 2 heterocycles. The van der Waals surface area contributed by atoms with E-state index in [4.69, 9.17) is 9.15 Å². The van der Waals surface area contributed by atoms with E-state index in [9.17, 15) is 17.6 Å². The average Bonchev–Trinajstić information content (AvgIpc) is 3.31. The SMILES string of the molecule is Cc1cc2c(Oc3ccc(S(=O)(=O)N(C)C)c(F)c3)cc(C(=O)Nc3ccn(C)n3)cc2o1. The van der Waals surface area contributed by atoms with E-state index in [1.54, 1.807) is 43.0 Å². The summed E-state index contributed by atoms with van der Waals surface area (Å²) in [5.74, 6) is -0.111. The average molecular weight is 472 g/mol. The van der Waals surface area contributed by atoms with E-state index in [1.165, 1.54) is 26.2 Å². The van der Waals surface area contributed by atoms with E-state index in [-0.39, 0.29) is 17.1 Å². The van der Waals surface area contributed by atoms with E-state index >= 15 is 0 Å². The first-order valence-corrected chi connectivity index (χ1v) is 11.2. The van der Waals surface area contributed by atoms with Crippen molar-refractivity contribution in [1.29, 1.82) is 0 Å². The van der Waals surface area contributed by atoms with Gasteiger partial charge in [-0.05, 0) is 37.3 Å². The predicted molar refractivity (Wildman–Crippen MR) is 119 cm³/mol. The molecule has 0 saturated heterocycles. The Morgan fingerprint density at radius 2 is 1.94 bits per heavy atom. The van der Waals surface area contributed by atoms with Gasteiger partial charge in [0, 0.05) is 45.0 Å². The number of carbonyl (C=O) groups is 1. The zero-order valence-corrected chi connectivity index (χ0v) is 19.1. The predicted octanol–water partition coefficient (Wildman–Crippen LogP) is 3.91. The van der Waals surface area contributed by atoms with Crippen molar-refractivity contribution in [3.05, 3.63) is 65.8 Å². The Balaban J connectivity index is 1.70. The number of hydrogen-bond acceptors (Lipinski definition) is 6. The standard InChI is InChI=1S/C22H21FN4O5S/c1-13-9-16-18(31-13)10-14(22(28)24-21-7-8-27(4)25-21)11-19(16)32-15-5-6-20(17(23)12-15)33(29,30)26(2)3/h5-12H,1-4H3,(H,24,25,28). The number of hydrogen-bond donors (Lipinski definition) is 1. The van der Waals surface area contributed by atoms with Crippen molar-refractivity contribution < 1.29 is 26.8 Å². The maximum absolute atomic E-state index is 14.6. The van der Waals surface area contributed by atoms with Crippen molar-refractivity contribution in [2.24, 2.45) is 7.05 Å². The molecule has 1 N–H and O–H groups in total. The number of amides is 1. The van der Waals surface area contributed by atoms with Crippen molar-refractivity contribution in [2.45, 2.75) is 11.8 Å². The van der Waals surface area contributed by atoms with Crippen LogP contribution in [0.3, 0.4) is 0 Å². The number of rotatable bonds is 6. The number of nitrogens with one attached hydrogen (secondary N) is 1. The molecule has 0 aliphatic rings. The quantitative estimate of drug-likeness (QED) is 0.456. The van der Waals surface area contributed by atoms with Crippen LogP contribution in [0.2, 0.25) is 0 Å². The Kier molecular flexibility index (Phi) is 5.68. The Morgan fingerprint density at radius 1 is 1.18 bits per heavy atom. The summed E-state index contributed by atoms with van der Waals surface area (Å²) in [6, 6.07) is 9.91. The highest BCUT2D eigenvalue weighted by Crippen LogP contribution is 2.35. The lowest BCUT2D eigenvalue weighted by molar-refractivity contribution is 0.102. The largest absolute Gasteiger partial charge is 0.461 e. The number of carbonyl (C=O) groups excluding carboxylic acids is 1. The number of furan rings is 1. The molecule has 0 atom stereocenters. The molecule has 0 aliphatic carbocycles. The highest BCUT2D eigenvalue weighted by atomic mass is 32.2. The van der Waals surface area contributed by atoms with Crippen LogP contribution in [0.15, 0.2) is 58.0 Å². The van der Waals surface area contributed by atoms with Gasteiger partial charge in [-0.1, -0.05) is 0 Å². The lowest BCUT2D eigenvalue weighted by Crippen LogP contribution is -2.23. The van der Waals surface area contributed by atoms with Gasteiger partial charge in [0.25, 0.3) is 5.91 Å². The summed E-state index contributed by atoms with van der Waals surface area (Å²) in [6.45, 7) is 1.75. The fourth-order valence-electron chi connectivity index (χ4n) is 3.20. The van der Waals surface area contributed by atoms with Gasteiger partial charge in [0.2, 0.25) is 10.0 Å². The van der Waals surface area contributed by atoms with Gasteiger partial charge >= 0.3 is 0 Å². The Morgan fingerprint density at radius 3 is 2.58 bits per heavy atom. The van der Waals surface area contributed by atoms with Crippen LogP contribution < -0.4 is 10.1 Å². The molecule has 172 valence electrons. The van der Waals surface area contributed by atoms with E-state index in [0.29, 0.717) is 22.5 Å². The second kappa shape index (κ2) is 8.34. The lowest BCUT2D eigenvalue weighted by atomic mass is 10.1. The molecule has 2 aromatic carbocycles. The molecule has 4 aromatic rings. The molecule has 1 amide bonds.